The molecule has 2 amide bonds. The van der Waals surface area contributed by atoms with Gasteiger partial charge in [-0.2, -0.15) is 0 Å². The normalized spacial score (nSPS) is 14.1. The fraction of sp³-hybridized carbons (Fsp3) is 0.444. The second kappa shape index (κ2) is 11.0. The molecule has 1 saturated heterocycles. The average Bonchev–Trinajstić information content (AvgIpc) is 2.88. The number of piperazine rings is 1. The molecular formula is C27H36N6O3. The number of carbonyl (C=O) groups is 1. The van der Waals surface area contributed by atoms with Crippen molar-refractivity contribution in [2.75, 3.05) is 56.7 Å². The number of amides is 2. The van der Waals surface area contributed by atoms with Crippen LogP contribution in [0, 0.1) is 0 Å². The highest BCUT2D eigenvalue weighted by Gasteiger charge is 2.24. The lowest BCUT2D eigenvalue weighted by Crippen LogP contribution is -2.50. The van der Waals surface area contributed by atoms with E-state index in [1.54, 1.807) is 13.4 Å². The third kappa shape index (κ3) is 5.79. The largest absolute Gasteiger partial charge is 0.493 e. The first-order valence-electron chi connectivity index (χ1n) is 12.4. The lowest BCUT2D eigenvalue weighted by Gasteiger charge is -2.35. The second-order valence-corrected chi connectivity index (χ2v) is 9.94. The van der Waals surface area contributed by atoms with Crippen molar-refractivity contribution in [2.45, 2.75) is 32.6 Å². The number of anilines is 2. The highest BCUT2D eigenvalue weighted by atomic mass is 16.5. The number of urea groups is 1. The Morgan fingerprint density at radius 2 is 1.78 bits per heavy atom. The van der Waals surface area contributed by atoms with E-state index in [1.165, 1.54) is 5.56 Å². The molecule has 2 heterocycles. The molecular weight excluding hydrogens is 456 g/mol. The smallest absolute Gasteiger partial charge is 0.321 e. The molecule has 192 valence electrons. The van der Waals surface area contributed by atoms with Crippen LogP contribution in [0.1, 0.15) is 32.8 Å². The van der Waals surface area contributed by atoms with Crippen molar-refractivity contribution in [1.82, 2.24) is 14.9 Å². The van der Waals surface area contributed by atoms with Crippen LogP contribution in [0.2, 0.25) is 0 Å². The first kappa shape index (κ1) is 25.5. The fourth-order valence-corrected chi connectivity index (χ4v) is 4.22. The van der Waals surface area contributed by atoms with Gasteiger partial charge in [0, 0.05) is 43.3 Å². The number of nitrogens with one attached hydrogen (secondary N) is 1. The number of hydrogen-bond acceptors (Lipinski definition) is 7. The maximum Gasteiger partial charge on any atom is 0.321 e. The van der Waals surface area contributed by atoms with Gasteiger partial charge in [-0.15, -0.1) is 0 Å². The van der Waals surface area contributed by atoms with E-state index in [1.807, 2.05) is 29.2 Å². The Morgan fingerprint density at radius 3 is 2.42 bits per heavy atom. The van der Waals surface area contributed by atoms with E-state index in [0.717, 1.165) is 28.8 Å². The summed E-state index contributed by atoms with van der Waals surface area (Å²) in [6, 6.07) is 11.8. The summed E-state index contributed by atoms with van der Waals surface area (Å²) in [5.74, 6) is 2.09. The SMILES string of the molecule is COc1cc2ncnc(N3CCN(C(=O)Nc4ccc(C(C)(C)C)cc4)CC3)c2cc1OCCCN. The number of fused-ring (bicyclic) bond motifs is 1. The molecule has 0 atom stereocenters. The van der Waals surface area contributed by atoms with Crippen molar-refractivity contribution >= 4 is 28.4 Å². The molecule has 0 bridgehead atoms. The second-order valence-electron chi connectivity index (χ2n) is 9.94. The molecule has 1 fully saturated rings. The zero-order valence-electron chi connectivity index (χ0n) is 21.6. The van der Waals surface area contributed by atoms with Gasteiger partial charge in [-0.25, -0.2) is 14.8 Å². The van der Waals surface area contributed by atoms with Gasteiger partial charge in [0.25, 0.3) is 0 Å². The minimum Gasteiger partial charge on any atom is -0.493 e. The number of rotatable bonds is 7. The molecule has 36 heavy (non-hydrogen) atoms. The first-order valence-corrected chi connectivity index (χ1v) is 12.4. The van der Waals surface area contributed by atoms with Crippen molar-refractivity contribution < 1.29 is 14.3 Å². The summed E-state index contributed by atoms with van der Waals surface area (Å²) in [6.45, 7) is 10.1. The molecule has 1 aliphatic rings. The molecule has 1 aliphatic heterocycles. The maximum atomic E-state index is 12.9. The van der Waals surface area contributed by atoms with Gasteiger partial charge in [0.15, 0.2) is 11.5 Å². The standard InChI is InChI=1S/C27H36N6O3/c1-27(2,3)19-6-8-20(9-7-19)31-26(34)33-13-11-32(12-14-33)25-21-16-24(36-15-5-10-28)23(35-4)17-22(21)29-18-30-25/h6-9,16-18H,5,10-15,28H2,1-4H3,(H,31,34). The van der Waals surface area contributed by atoms with Crippen molar-refractivity contribution in [2.24, 2.45) is 5.73 Å². The van der Waals surface area contributed by atoms with Crippen molar-refractivity contribution in [1.29, 1.82) is 0 Å². The molecule has 4 rings (SSSR count). The van der Waals surface area contributed by atoms with E-state index >= 15 is 0 Å². The molecule has 0 aliphatic carbocycles. The minimum atomic E-state index is -0.0916. The Kier molecular flexibility index (Phi) is 7.79. The van der Waals surface area contributed by atoms with Gasteiger partial charge < -0.3 is 30.3 Å². The van der Waals surface area contributed by atoms with Gasteiger partial charge in [0.05, 0.1) is 19.2 Å². The van der Waals surface area contributed by atoms with Crippen LogP contribution in [0.25, 0.3) is 10.9 Å². The van der Waals surface area contributed by atoms with Gasteiger partial charge in [-0.3, -0.25) is 0 Å². The zero-order valence-corrected chi connectivity index (χ0v) is 21.6. The van der Waals surface area contributed by atoms with Crippen LogP contribution in [0.4, 0.5) is 16.3 Å². The van der Waals surface area contributed by atoms with Crippen LogP contribution >= 0.6 is 0 Å². The van der Waals surface area contributed by atoms with E-state index in [0.29, 0.717) is 50.8 Å². The van der Waals surface area contributed by atoms with Crippen molar-refractivity contribution in [3.63, 3.8) is 0 Å². The molecule has 9 heteroatoms. The van der Waals surface area contributed by atoms with Gasteiger partial charge >= 0.3 is 6.03 Å². The molecule has 9 nitrogen and oxygen atoms in total. The number of nitrogens with two attached hydrogens (primary N) is 1. The zero-order chi connectivity index (χ0) is 25.7. The summed E-state index contributed by atoms with van der Waals surface area (Å²) in [6.07, 6.45) is 2.32. The van der Waals surface area contributed by atoms with E-state index in [9.17, 15) is 4.79 Å². The third-order valence-corrected chi connectivity index (χ3v) is 6.37. The molecule has 3 aromatic rings. The maximum absolute atomic E-state index is 12.9. The molecule has 0 saturated carbocycles. The fourth-order valence-electron chi connectivity index (χ4n) is 4.22. The third-order valence-electron chi connectivity index (χ3n) is 6.37. The highest BCUT2D eigenvalue weighted by molar-refractivity contribution is 5.92. The van der Waals surface area contributed by atoms with E-state index in [2.05, 4.69) is 53.1 Å². The molecule has 1 aromatic heterocycles. The molecule has 0 spiro atoms. The lowest BCUT2D eigenvalue weighted by atomic mass is 9.87. The van der Waals surface area contributed by atoms with E-state index in [4.69, 9.17) is 15.2 Å². The summed E-state index contributed by atoms with van der Waals surface area (Å²) in [5, 5.41) is 3.91. The van der Waals surface area contributed by atoms with Gasteiger partial charge in [0.1, 0.15) is 12.1 Å². The summed E-state index contributed by atoms with van der Waals surface area (Å²) in [4.78, 5) is 25.9. The molecule has 0 radical (unpaired) electrons. The monoisotopic (exact) mass is 492 g/mol. The molecule has 0 unspecified atom stereocenters. The lowest BCUT2D eigenvalue weighted by molar-refractivity contribution is 0.208. The Morgan fingerprint density at radius 1 is 1.06 bits per heavy atom. The predicted molar refractivity (Wildman–Crippen MR) is 143 cm³/mol. The van der Waals surface area contributed by atoms with Crippen LogP contribution in [0.5, 0.6) is 11.5 Å². The number of hydrogen-bond donors (Lipinski definition) is 2. The number of aromatic nitrogens is 2. The predicted octanol–water partition coefficient (Wildman–Crippen LogP) is 4.02. The van der Waals surface area contributed by atoms with Gasteiger partial charge in [-0.05, 0) is 42.1 Å². The van der Waals surface area contributed by atoms with Crippen LogP contribution in [0.3, 0.4) is 0 Å². The average molecular weight is 493 g/mol. The summed E-state index contributed by atoms with van der Waals surface area (Å²) >= 11 is 0. The first-order chi connectivity index (χ1) is 17.3. The van der Waals surface area contributed by atoms with Crippen LogP contribution in [-0.2, 0) is 5.41 Å². The number of ether oxygens (including phenoxy) is 2. The van der Waals surface area contributed by atoms with E-state index < -0.39 is 0 Å². The summed E-state index contributed by atoms with van der Waals surface area (Å²) in [7, 11) is 1.61. The molecule has 3 N–H and O–H groups in total. The summed E-state index contributed by atoms with van der Waals surface area (Å²) < 4.78 is 11.4. The quantitative estimate of drug-likeness (QED) is 0.480. The van der Waals surface area contributed by atoms with Gasteiger partial charge in [-0.1, -0.05) is 32.9 Å². The number of methoxy groups -OCH3 is 1. The minimum absolute atomic E-state index is 0.0759. The Balaban J connectivity index is 1.43. The highest BCUT2D eigenvalue weighted by Crippen LogP contribution is 2.35. The number of benzene rings is 2. The number of carbonyl (C=O) groups excluding carboxylic acids is 1. The Labute approximate surface area is 212 Å². The molecule has 2 aromatic carbocycles. The van der Waals surface area contributed by atoms with Gasteiger partial charge in [0.2, 0.25) is 0 Å². The van der Waals surface area contributed by atoms with Crippen molar-refractivity contribution in [3.8, 4) is 11.5 Å². The van der Waals surface area contributed by atoms with E-state index in [-0.39, 0.29) is 11.4 Å². The van der Waals surface area contributed by atoms with Crippen LogP contribution in [0.15, 0.2) is 42.7 Å². The van der Waals surface area contributed by atoms with Crippen LogP contribution < -0.4 is 25.4 Å². The topological polar surface area (TPSA) is 106 Å². The summed E-state index contributed by atoms with van der Waals surface area (Å²) in [5.41, 5.74) is 8.49. The van der Waals surface area contributed by atoms with Crippen molar-refractivity contribution in [3.05, 3.63) is 48.3 Å². The Hall–Kier alpha value is -3.59. The Bertz CT molecular complexity index is 1180. The number of nitrogens with zero attached hydrogens (tertiary/aromatic N) is 4. The van der Waals surface area contributed by atoms with Crippen LogP contribution in [-0.4, -0.2) is 67.3 Å².